The van der Waals surface area contributed by atoms with Crippen molar-refractivity contribution in [1.29, 1.82) is 0 Å². The lowest BCUT2D eigenvalue weighted by Gasteiger charge is -2.52. The molecule has 126 valence electrons. The van der Waals surface area contributed by atoms with Gasteiger partial charge >= 0.3 is 0 Å². The standard InChI is InChI=1S/C16H22N2O5/c1-20-15-16(17-7-8-18-16)13(19)12-11(22-15)9-21-14(23-12)10-5-3-2-4-6-10/h2-6,11-15,17-19H,7-9H2,1H3/t11-,12-,13+,14?,15+/m1/s1. The summed E-state index contributed by atoms with van der Waals surface area (Å²) in [7, 11) is 1.57. The Balaban J connectivity index is 1.58. The summed E-state index contributed by atoms with van der Waals surface area (Å²) in [6.45, 7) is 1.81. The lowest BCUT2D eigenvalue weighted by molar-refractivity contribution is -0.359. The van der Waals surface area contributed by atoms with Crippen molar-refractivity contribution < 1.29 is 24.1 Å². The van der Waals surface area contributed by atoms with Crippen LogP contribution >= 0.6 is 0 Å². The molecule has 3 heterocycles. The molecule has 0 saturated carbocycles. The SMILES string of the molecule is CO[C@H]1O[C@@H]2COC(c3ccccc3)O[C@H]2[C@H](O)C12NCCN2. The highest BCUT2D eigenvalue weighted by molar-refractivity contribution is 5.17. The van der Waals surface area contributed by atoms with Crippen molar-refractivity contribution in [2.24, 2.45) is 0 Å². The molecule has 4 rings (SSSR count). The van der Waals surface area contributed by atoms with Gasteiger partial charge in [-0.05, 0) is 0 Å². The van der Waals surface area contributed by atoms with E-state index in [1.807, 2.05) is 30.3 Å². The monoisotopic (exact) mass is 322 g/mol. The lowest BCUT2D eigenvalue weighted by Crippen LogP contribution is -2.76. The van der Waals surface area contributed by atoms with E-state index in [2.05, 4.69) is 10.6 Å². The van der Waals surface area contributed by atoms with Crippen LogP contribution in [0, 0.1) is 0 Å². The first kappa shape index (κ1) is 15.5. The maximum absolute atomic E-state index is 11.0. The second-order valence-electron chi connectivity index (χ2n) is 6.09. The number of aliphatic hydroxyl groups is 1. The number of hydrogen-bond donors (Lipinski definition) is 3. The van der Waals surface area contributed by atoms with Gasteiger partial charge in [0.25, 0.3) is 0 Å². The highest BCUT2D eigenvalue weighted by Crippen LogP contribution is 2.38. The fraction of sp³-hybridized carbons (Fsp3) is 0.625. The van der Waals surface area contributed by atoms with Gasteiger partial charge in [-0.25, -0.2) is 0 Å². The first-order valence-corrected chi connectivity index (χ1v) is 7.93. The molecule has 7 heteroatoms. The Kier molecular flexibility index (Phi) is 4.10. The summed E-state index contributed by atoms with van der Waals surface area (Å²) in [4.78, 5) is 0. The Morgan fingerprint density at radius 3 is 2.61 bits per heavy atom. The van der Waals surface area contributed by atoms with Crippen molar-refractivity contribution in [1.82, 2.24) is 10.6 Å². The van der Waals surface area contributed by atoms with E-state index in [0.717, 1.165) is 18.7 Å². The fourth-order valence-electron chi connectivity index (χ4n) is 3.61. The fourth-order valence-corrected chi connectivity index (χ4v) is 3.61. The van der Waals surface area contributed by atoms with E-state index in [1.54, 1.807) is 7.11 Å². The molecule has 0 bridgehead atoms. The zero-order valence-corrected chi connectivity index (χ0v) is 13.0. The Hall–Kier alpha value is -1.06. The van der Waals surface area contributed by atoms with Gasteiger partial charge < -0.3 is 24.1 Å². The zero-order valence-electron chi connectivity index (χ0n) is 13.0. The predicted octanol–water partition coefficient (Wildman–Crippen LogP) is -0.278. The quantitative estimate of drug-likeness (QED) is 0.691. The van der Waals surface area contributed by atoms with Crippen molar-refractivity contribution in [3.8, 4) is 0 Å². The van der Waals surface area contributed by atoms with Gasteiger partial charge in [0.2, 0.25) is 0 Å². The Morgan fingerprint density at radius 2 is 1.91 bits per heavy atom. The van der Waals surface area contributed by atoms with E-state index in [1.165, 1.54) is 0 Å². The van der Waals surface area contributed by atoms with Gasteiger partial charge in [0.1, 0.15) is 18.3 Å². The molecule has 3 aliphatic heterocycles. The Bertz CT molecular complexity index is 537. The third kappa shape index (κ3) is 2.49. The molecule has 3 aliphatic rings. The topological polar surface area (TPSA) is 81.2 Å². The largest absolute Gasteiger partial charge is 0.387 e. The summed E-state index contributed by atoms with van der Waals surface area (Å²) >= 11 is 0. The van der Waals surface area contributed by atoms with Crippen LogP contribution in [-0.2, 0) is 18.9 Å². The molecule has 0 amide bonds. The van der Waals surface area contributed by atoms with Crippen molar-refractivity contribution in [2.75, 3.05) is 26.8 Å². The number of rotatable bonds is 2. The minimum Gasteiger partial charge on any atom is -0.387 e. The molecule has 1 aromatic carbocycles. The molecular weight excluding hydrogens is 300 g/mol. The number of aliphatic hydroxyl groups excluding tert-OH is 1. The molecule has 3 fully saturated rings. The van der Waals surface area contributed by atoms with E-state index >= 15 is 0 Å². The van der Waals surface area contributed by atoms with Crippen LogP contribution in [0.4, 0.5) is 0 Å². The lowest BCUT2D eigenvalue weighted by atomic mass is 9.90. The highest BCUT2D eigenvalue weighted by atomic mass is 16.7. The number of fused-ring (bicyclic) bond motifs is 1. The molecular formula is C16H22N2O5. The molecule has 1 unspecified atom stereocenters. The summed E-state index contributed by atoms with van der Waals surface area (Å²) in [5, 5.41) is 17.5. The van der Waals surface area contributed by atoms with Crippen LogP contribution in [0.5, 0.6) is 0 Å². The van der Waals surface area contributed by atoms with Gasteiger partial charge in [0, 0.05) is 25.8 Å². The summed E-state index contributed by atoms with van der Waals surface area (Å²) in [5.41, 5.74) is 0.0718. The van der Waals surface area contributed by atoms with Gasteiger partial charge in [-0.3, -0.25) is 10.6 Å². The number of methoxy groups -OCH3 is 1. The summed E-state index contributed by atoms with van der Waals surface area (Å²) in [6.07, 6.45) is -2.80. The molecule has 1 aromatic rings. The van der Waals surface area contributed by atoms with E-state index in [-0.39, 0.29) is 6.10 Å². The van der Waals surface area contributed by atoms with E-state index in [9.17, 15) is 5.11 Å². The van der Waals surface area contributed by atoms with Crippen LogP contribution in [0.1, 0.15) is 11.9 Å². The van der Waals surface area contributed by atoms with Gasteiger partial charge in [0.15, 0.2) is 18.2 Å². The predicted molar refractivity (Wildman–Crippen MR) is 80.4 cm³/mol. The minimum absolute atomic E-state index is 0.344. The second kappa shape index (κ2) is 6.10. The minimum atomic E-state index is -0.853. The first-order valence-electron chi connectivity index (χ1n) is 7.93. The maximum atomic E-state index is 11.0. The average molecular weight is 322 g/mol. The third-order valence-electron chi connectivity index (χ3n) is 4.75. The molecule has 0 radical (unpaired) electrons. The summed E-state index contributed by atoms with van der Waals surface area (Å²) < 4.78 is 23.2. The molecule has 0 aromatic heterocycles. The van der Waals surface area contributed by atoms with Crippen LogP contribution in [0.25, 0.3) is 0 Å². The van der Waals surface area contributed by atoms with Gasteiger partial charge in [0.05, 0.1) is 6.61 Å². The normalized spacial score (nSPS) is 39.3. The summed E-state index contributed by atoms with van der Waals surface area (Å²) in [5.74, 6) is 0. The molecule has 3 N–H and O–H groups in total. The van der Waals surface area contributed by atoms with Crippen molar-refractivity contribution in [3.63, 3.8) is 0 Å². The summed E-state index contributed by atoms with van der Waals surface area (Å²) in [6, 6.07) is 9.70. The van der Waals surface area contributed by atoms with Crippen LogP contribution in [0.2, 0.25) is 0 Å². The average Bonchev–Trinajstić information content (AvgIpc) is 3.09. The van der Waals surface area contributed by atoms with E-state index in [0.29, 0.717) is 6.61 Å². The molecule has 0 aliphatic carbocycles. The smallest absolute Gasteiger partial charge is 0.192 e. The van der Waals surface area contributed by atoms with Crippen molar-refractivity contribution >= 4 is 0 Å². The van der Waals surface area contributed by atoms with Crippen LogP contribution < -0.4 is 10.6 Å². The number of ether oxygens (including phenoxy) is 4. The highest BCUT2D eigenvalue weighted by Gasteiger charge is 2.59. The van der Waals surface area contributed by atoms with Crippen LogP contribution in [0.15, 0.2) is 30.3 Å². The molecule has 3 saturated heterocycles. The second-order valence-corrected chi connectivity index (χ2v) is 6.09. The maximum Gasteiger partial charge on any atom is 0.192 e. The third-order valence-corrected chi connectivity index (χ3v) is 4.75. The molecule has 23 heavy (non-hydrogen) atoms. The Morgan fingerprint density at radius 1 is 1.17 bits per heavy atom. The zero-order chi connectivity index (χ0) is 15.9. The first-order chi connectivity index (χ1) is 11.2. The van der Waals surface area contributed by atoms with Gasteiger partial charge in [-0.1, -0.05) is 30.3 Å². The number of nitrogens with one attached hydrogen (secondary N) is 2. The Labute approximate surface area is 134 Å². The van der Waals surface area contributed by atoms with E-state index in [4.69, 9.17) is 18.9 Å². The van der Waals surface area contributed by atoms with E-state index < -0.39 is 30.5 Å². The van der Waals surface area contributed by atoms with Crippen LogP contribution in [0.3, 0.4) is 0 Å². The number of benzene rings is 1. The number of hydrogen-bond acceptors (Lipinski definition) is 7. The molecule has 1 spiro atoms. The van der Waals surface area contributed by atoms with Crippen LogP contribution in [-0.4, -0.2) is 62.2 Å². The molecule has 7 nitrogen and oxygen atoms in total. The van der Waals surface area contributed by atoms with Gasteiger partial charge in [-0.15, -0.1) is 0 Å². The molecule has 5 atom stereocenters. The van der Waals surface area contributed by atoms with Gasteiger partial charge in [-0.2, -0.15) is 0 Å². The van der Waals surface area contributed by atoms with Crippen molar-refractivity contribution in [3.05, 3.63) is 35.9 Å². The van der Waals surface area contributed by atoms with Crippen molar-refractivity contribution in [2.45, 2.75) is 36.6 Å².